The van der Waals surface area contributed by atoms with Crippen LogP contribution >= 0.6 is 11.6 Å². The first-order chi connectivity index (χ1) is 9.02. The van der Waals surface area contributed by atoms with Crippen LogP contribution in [0.3, 0.4) is 0 Å². The second kappa shape index (κ2) is 5.45. The largest absolute Gasteiger partial charge is 0.347 e. The summed E-state index contributed by atoms with van der Waals surface area (Å²) in [6.07, 6.45) is 1.68. The van der Waals surface area contributed by atoms with Crippen molar-refractivity contribution < 1.29 is 4.79 Å². The number of carbonyl (C=O) groups excluding carboxylic acids is 1. The van der Waals surface area contributed by atoms with E-state index in [-0.39, 0.29) is 11.9 Å². The first-order valence-electron chi connectivity index (χ1n) is 6.02. The number of hydrogen-bond donors (Lipinski definition) is 0. The van der Waals surface area contributed by atoms with E-state index in [1.807, 2.05) is 37.3 Å². The number of hydrogen-bond acceptors (Lipinski definition) is 2. The summed E-state index contributed by atoms with van der Waals surface area (Å²) in [7, 11) is 3.47. The van der Waals surface area contributed by atoms with Crippen molar-refractivity contribution in [3.8, 4) is 11.3 Å². The molecule has 1 unspecified atom stereocenters. The molecule has 0 fully saturated rings. The van der Waals surface area contributed by atoms with Crippen LogP contribution in [0.4, 0.5) is 0 Å². The Labute approximate surface area is 117 Å². The Morgan fingerprint density at radius 3 is 2.63 bits per heavy atom. The summed E-state index contributed by atoms with van der Waals surface area (Å²) in [5.41, 5.74) is 1.72. The molecule has 1 amide bonds. The maximum absolute atomic E-state index is 12.0. The third-order valence-corrected chi connectivity index (χ3v) is 3.31. The maximum Gasteiger partial charge on any atom is 0.246 e. The standard InChI is InChI=1S/C14H16ClN3O/c1-10(14(19)17(2)3)18-13(8-9-16-18)11-6-4-5-7-12(11)15/h4-10H,1-3H3. The second-order valence-corrected chi connectivity index (χ2v) is 4.96. The van der Waals surface area contributed by atoms with E-state index in [4.69, 9.17) is 11.6 Å². The number of nitrogens with zero attached hydrogens (tertiary/aromatic N) is 3. The molecule has 2 aromatic rings. The molecule has 1 aromatic carbocycles. The van der Waals surface area contributed by atoms with Crippen LogP contribution in [0, 0.1) is 0 Å². The van der Waals surface area contributed by atoms with Gasteiger partial charge in [0, 0.05) is 30.9 Å². The number of benzene rings is 1. The molecule has 0 spiro atoms. The quantitative estimate of drug-likeness (QED) is 0.865. The summed E-state index contributed by atoms with van der Waals surface area (Å²) in [5, 5.41) is 4.89. The van der Waals surface area contributed by atoms with Gasteiger partial charge in [-0.05, 0) is 19.1 Å². The lowest BCUT2D eigenvalue weighted by Gasteiger charge is -2.19. The minimum Gasteiger partial charge on any atom is -0.347 e. The molecule has 2 rings (SSSR count). The van der Waals surface area contributed by atoms with Gasteiger partial charge in [0.05, 0.1) is 5.69 Å². The van der Waals surface area contributed by atoms with E-state index in [0.717, 1.165) is 11.3 Å². The van der Waals surface area contributed by atoms with Gasteiger partial charge >= 0.3 is 0 Å². The summed E-state index contributed by atoms with van der Waals surface area (Å²) in [5.74, 6) is -0.00277. The molecule has 100 valence electrons. The van der Waals surface area contributed by atoms with Crippen molar-refractivity contribution in [1.82, 2.24) is 14.7 Å². The highest BCUT2D eigenvalue weighted by Gasteiger charge is 2.21. The van der Waals surface area contributed by atoms with Crippen LogP contribution < -0.4 is 0 Å². The lowest BCUT2D eigenvalue weighted by molar-refractivity contribution is -0.131. The summed E-state index contributed by atoms with van der Waals surface area (Å²) in [6.45, 7) is 1.83. The Morgan fingerprint density at radius 2 is 2.00 bits per heavy atom. The van der Waals surface area contributed by atoms with Crippen LogP contribution in [-0.4, -0.2) is 34.7 Å². The Kier molecular flexibility index (Phi) is 3.90. The molecule has 1 heterocycles. The van der Waals surface area contributed by atoms with Gasteiger partial charge < -0.3 is 4.90 Å². The van der Waals surface area contributed by atoms with Crippen LogP contribution in [0.5, 0.6) is 0 Å². The zero-order chi connectivity index (χ0) is 14.0. The van der Waals surface area contributed by atoms with Gasteiger partial charge in [-0.2, -0.15) is 5.10 Å². The van der Waals surface area contributed by atoms with E-state index in [2.05, 4.69) is 5.10 Å². The maximum atomic E-state index is 12.0. The van der Waals surface area contributed by atoms with E-state index in [1.165, 1.54) is 0 Å². The van der Waals surface area contributed by atoms with Gasteiger partial charge in [-0.1, -0.05) is 29.8 Å². The predicted octanol–water partition coefficient (Wildman–Crippen LogP) is 2.85. The SMILES string of the molecule is CC(C(=O)N(C)C)n1nccc1-c1ccccc1Cl. The van der Waals surface area contributed by atoms with Crippen molar-refractivity contribution >= 4 is 17.5 Å². The molecule has 0 aliphatic carbocycles. The summed E-state index contributed by atoms with van der Waals surface area (Å²) < 4.78 is 1.70. The highest BCUT2D eigenvalue weighted by atomic mass is 35.5. The summed E-state index contributed by atoms with van der Waals surface area (Å²) in [4.78, 5) is 13.6. The van der Waals surface area contributed by atoms with Crippen molar-refractivity contribution in [2.45, 2.75) is 13.0 Å². The minimum atomic E-state index is -0.365. The summed E-state index contributed by atoms with van der Waals surface area (Å²) in [6, 6.07) is 9.03. The molecule has 1 aromatic heterocycles. The smallest absolute Gasteiger partial charge is 0.246 e. The normalized spacial score (nSPS) is 12.2. The molecule has 4 nitrogen and oxygen atoms in total. The fourth-order valence-electron chi connectivity index (χ4n) is 1.98. The van der Waals surface area contributed by atoms with Gasteiger partial charge in [0.15, 0.2) is 0 Å². The fourth-order valence-corrected chi connectivity index (χ4v) is 2.22. The average molecular weight is 278 g/mol. The molecule has 19 heavy (non-hydrogen) atoms. The van der Waals surface area contributed by atoms with Crippen LogP contribution in [0.25, 0.3) is 11.3 Å². The molecule has 0 saturated heterocycles. The third kappa shape index (κ3) is 2.63. The van der Waals surface area contributed by atoms with Crippen molar-refractivity contribution in [1.29, 1.82) is 0 Å². The van der Waals surface area contributed by atoms with E-state index >= 15 is 0 Å². The number of aromatic nitrogens is 2. The first kappa shape index (κ1) is 13.6. The highest BCUT2D eigenvalue weighted by molar-refractivity contribution is 6.33. The van der Waals surface area contributed by atoms with Gasteiger partial charge in [0.1, 0.15) is 6.04 Å². The minimum absolute atomic E-state index is 0.00277. The number of rotatable bonds is 3. The van der Waals surface area contributed by atoms with Crippen LogP contribution in [-0.2, 0) is 4.79 Å². The molecule has 1 atom stereocenters. The molecule has 0 radical (unpaired) electrons. The van der Waals surface area contributed by atoms with Crippen molar-refractivity contribution in [3.05, 3.63) is 41.6 Å². The van der Waals surface area contributed by atoms with Gasteiger partial charge in [-0.25, -0.2) is 0 Å². The Balaban J connectivity index is 2.44. The molecular formula is C14H16ClN3O. The Morgan fingerprint density at radius 1 is 1.32 bits per heavy atom. The van der Waals surface area contributed by atoms with Crippen molar-refractivity contribution in [2.24, 2.45) is 0 Å². The average Bonchev–Trinajstić information content (AvgIpc) is 2.86. The third-order valence-electron chi connectivity index (χ3n) is 2.99. The van der Waals surface area contributed by atoms with Gasteiger partial charge in [0.25, 0.3) is 0 Å². The number of halogens is 1. The van der Waals surface area contributed by atoms with Crippen LogP contribution in [0.1, 0.15) is 13.0 Å². The molecule has 0 aliphatic heterocycles. The highest BCUT2D eigenvalue weighted by Crippen LogP contribution is 2.29. The monoisotopic (exact) mass is 277 g/mol. The molecule has 0 bridgehead atoms. The van der Waals surface area contributed by atoms with Crippen molar-refractivity contribution in [2.75, 3.05) is 14.1 Å². The molecule has 5 heteroatoms. The van der Waals surface area contributed by atoms with Gasteiger partial charge in [-0.3, -0.25) is 9.48 Å². The van der Waals surface area contributed by atoms with Gasteiger partial charge in [-0.15, -0.1) is 0 Å². The van der Waals surface area contributed by atoms with E-state index in [1.54, 1.807) is 29.9 Å². The topological polar surface area (TPSA) is 38.1 Å². The van der Waals surface area contributed by atoms with Crippen molar-refractivity contribution in [3.63, 3.8) is 0 Å². The first-order valence-corrected chi connectivity index (χ1v) is 6.39. The summed E-state index contributed by atoms with van der Waals surface area (Å²) >= 11 is 6.20. The Hall–Kier alpha value is -1.81. The number of carbonyl (C=O) groups is 1. The van der Waals surface area contributed by atoms with E-state index in [0.29, 0.717) is 5.02 Å². The van der Waals surface area contributed by atoms with Gasteiger partial charge in [0.2, 0.25) is 5.91 Å². The lowest BCUT2D eigenvalue weighted by Crippen LogP contribution is -2.30. The van der Waals surface area contributed by atoms with Crippen LogP contribution in [0.15, 0.2) is 36.5 Å². The fraction of sp³-hybridized carbons (Fsp3) is 0.286. The van der Waals surface area contributed by atoms with E-state index in [9.17, 15) is 4.79 Å². The number of amides is 1. The zero-order valence-corrected chi connectivity index (χ0v) is 11.9. The second-order valence-electron chi connectivity index (χ2n) is 4.55. The Bertz CT molecular complexity index is 592. The van der Waals surface area contributed by atoms with E-state index < -0.39 is 0 Å². The number of likely N-dealkylation sites (N-methyl/N-ethyl adjacent to an activating group) is 1. The zero-order valence-electron chi connectivity index (χ0n) is 11.2. The molecule has 0 N–H and O–H groups in total. The predicted molar refractivity (Wildman–Crippen MR) is 76.1 cm³/mol. The lowest BCUT2D eigenvalue weighted by atomic mass is 10.1. The molecular weight excluding hydrogens is 262 g/mol. The van der Waals surface area contributed by atoms with Crippen LogP contribution in [0.2, 0.25) is 5.02 Å². The molecule has 0 aliphatic rings. The molecule has 0 saturated carbocycles.